The van der Waals surface area contributed by atoms with Gasteiger partial charge in [0.15, 0.2) is 6.10 Å². The molecule has 0 aromatic heterocycles. The first kappa shape index (κ1) is 13.7. The van der Waals surface area contributed by atoms with Crippen LogP contribution in [0.15, 0.2) is 0 Å². The third-order valence-electron chi connectivity index (χ3n) is 2.03. The van der Waals surface area contributed by atoms with Crippen molar-refractivity contribution in [1.82, 2.24) is 4.90 Å². The smallest absolute Gasteiger partial charge is 0.382 e. The maximum Gasteiger partial charge on any atom is 0.415 e. The van der Waals surface area contributed by atoms with Gasteiger partial charge in [-0.15, -0.1) is 0 Å². The Morgan fingerprint density at radius 2 is 1.79 bits per heavy atom. The molecule has 14 heavy (non-hydrogen) atoms. The predicted molar refractivity (Wildman–Crippen MR) is 49.1 cm³/mol. The van der Waals surface area contributed by atoms with Gasteiger partial charge in [-0.25, -0.2) is 0 Å². The number of hydrogen-bond acceptors (Lipinski definition) is 2. The average Bonchev–Trinajstić information content (AvgIpc) is 2.01. The average molecular weight is 213 g/mol. The normalized spacial score (nSPS) is 15.2. The first-order valence-corrected chi connectivity index (χ1v) is 4.77. The van der Waals surface area contributed by atoms with Gasteiger partial charge in [-0.3, -0.25) is 4.90 Å². The Morgan fingerprint density at radius 1 is 1.29 bits per heavy atom. The van der Waals surface area contributed by atoms with Crippen molar-refractivity contribution in [3.63, 3.8) is 0 Å². The Balaban J connectivity index is 4.16. The van der Waals surface area contributed by atoms with Crippen LogP contribution < -0.4 is 0 Å². The second kappa shape index (κ2) is 5.56. The Bertz CT molecular complexity index is 159. The SMILES string of the molecule is CCCN(CC(O)C(F)(F)F)C(C)C. The summed E-state index contributed by atoms with van der Waals surface area (Å²) in [6, 6.07) is 0.0203. The highest BCUT2D eigenvalue weighted by molar-refractivity contribution is 4.72. The fourth-order valence-corrected chi connectivity index (χ4v) is 1.17. The lowest BCUT2D eigenvalue weighted by atomic mass is 10.2. The van der Waals surface area contributed by atoms with E-state index >= 15 is 0 Å². The molecule has 0 aromatic carbocycles. The number of aliphatic hydroxyl groups is 1. The summed E-state index contributed by atoms with van der Waals surface area (Å²) in [5.41, 5.74) is 0. The fraction of sp³-hybridized carbons (Fsp3) is 1.00. The molecule has 5 heteroatoms. The van der Waals surface area contributed by atoms with Crippen LogP contribution in [-0.4, -0.2) is 41.4 Å². The molecule has 1 unspecified atom stereocenters. The zero-order chi connectivity index (χ0) is 11.4. The molecule has 0 amide bonds. The number of aliphatic hydroxyl groups excluding tert-OH is 1. The number of nitrogens with zero attached hydrogens (tertiary/aromatic N) is 1. The van der Waals surface area contributed by atoms with Crippen molar-refractivity contribution in [1.29, 1.82) is 0 Å². The Morgan fingerprint density at radius 3 is 2.07 bits per heavy atom. The van der Waals surface area contributed by atoms with Crippen molar-refractivity contribution in [3.05, 3.63) is 0 Å². The first-order chi connectivity index (χ1) is 6.29. The zero-order valence-corrected chi connectivity index (χ0v) is 8.80. The van der Waals surface area contributed by atoms with Gasteiger partial charge in [0.2, 0.25) is 0 Å². The van der Waals surface area contributed by atoms with Crippen molar-refractivity contribution >= 4 is 0 Å². The van der Waals surface area contributed by atoms with Crippen molar-refractivity contribution in [2.45, 2.75) is 45.5 Å². The van der Waals surface area contributed by atoms with Crippen LogP contribution in [0, 0.1) is 0 Å². The van der Waals surface area contributed by atoms with E-state index in [0.29, 0.717) is 6.54 Å². The van der Waals surface area contributed by atoms with Crippen LogP contribution in [0.25, 0.3) is 0 Å². The minimum absolute atomic E-state index is 0.0203. The van der Waals surface area contributed by atoms with Crippen LogP contribution >= 0.6 is 0 Å². The summed E-state index contributed by atoms with van der Waals surface area (Å²) in [5.74, 6) is 0. The Kier molecular flexibility index (Phi) is 5.44. The van der Waals surface area contributed by atoms with Gasteiger partial charge < -0.3 is 5.11 Å². The van der Waals surface area contributed by atoms with Gasteiger partial charge in [0.25, 0.3) is 0 Å². The molecule has 1 atom stereocenters. The van der Waals surface area contributed by atoms with Crippen LogP contribution in [0.5, 0.6) is 0 Å². The van der Waals surface area contributed by atoms with E-state index in [4.69, 9.17) is 5.11 Å². The maximum absolute atomic E-state index is 12.0. The van der Waals surface area contributed by atoms with Crippen LogP contribution in [0.4, 0.5) is 13.2 Å². The van der Waals surface area contributed by atoms with Gasteiger partial charge in [-0.1, -0.05) is 6.92 Å². The quantitative estimate of drug-likeness (QED) is 0.755. The molecule has 0 radical (unpaired) electrons. The standard InChI is InChI=1S/C9H18F3NO/c1-4-5-13(7(2)3)6-8(14)9(10,11)12/h7-8,14H,4-6H2,1-3H3. The molecule has 0 aliphatic rings. The number of halogens is 3. The highest BCUT2D eigenvalue weighted by Crippen LogP contribution is 2.21. The largest absolute Gasteiger partial charge is 0.415 e. The number of alkyl halides is 3. The molecular formula is C9H18F3NO. The van der Waals surface area contributed by atoms with E-state index in [2.05, 4.69) is 0 Å². The topological polar surface area (TPSA) is 23.5 Å². The monoisotopic (exact) mass is 213 g/mol. The highest BCUT2D eigenvalue weighted by Gasteiger charge is 2.39. The predicted octanol–water partition coefficient (Wildman–Crippen LogP) is 2.03. The van der Waals surface area contributed by atoms with Crippen molar-refractivity contribution in [3.8, 4) is 0 Å². The van der Waals surface area contributed by atoms with Gasteiger partial charge in [-0.05, 0) is 26.8 Å². The minimum Gasteiger partial charge on any atom is -0.382 e. The molecule has 0 spiro atoms. The molecule has 0 aliphatic carbocycles. The molecule has 0 fully saturated rings. The molecule has 1 N–H and O–H groups in total. The van der Waals surface area contributed by atoms with Gasteiger partial charge in [0, 0.05) is 12.6 Å². The molecule has 86 valence electrons. The van der Waals surface area contributed by atoms with Gasteiger partial charge in [-0.2, -0.15) is 13.2 Å². The summed E-state index contributed by atoms with van der Waals surface area (Å²) >= 11 is 0. The third kappa shape index (κ3) is 4.81. The molecule has 2 nitrogen and oxygen atoms in total. The van der Waals surface area contributed by atoms with E-state index in [9.17, 15) is 13.2 Å². The lowest BCUT2D eigenvalue weighted by molar-refractivity contribution is -0.209. The van der Waals surface area contributed by atoms with Gasteiger partial charge in [0.05, 0.1) is 0 Å². The summed E-state index contributed by atoms with van der Waals surface area (Å²) < 4.78 is 36.1. The Labute approximate surface area is 82.7 Å². The molecule has 0 rings (SSSR count). The van der Waals surface area contributed by atoms with Crippen molar-refractivity contribution in [2.24, 2.45) is 0 Å². The van der Waals surface area contributed by atoms with Crippen molar-refractivity contribution in [2.75, 3.05) is 13.1 Å². The molecule has 0 saturated carbocycles. The molecule has 0 aromatic rings. The fourth-order valence-electron chi connectivity index (χ4n) is 1.17. The summed E-state index contributed by atoms with van der Waals surface area (Å²) in [4.78, 5) is 1.62. The lowest BCUT2D eigenvalue weighted by Gasteiger charge is -2.28. The molecule has 0 heterocycles. The van der Waals surface area contributed by atoms with E-state index < -0.39 is 12.3 Å². The lowest BCUT2D eigenvalue weighted by Crippen LogP contribution is -2.44. The summed E-state index contributed by atoms with van der Waals surface area (Å²) in [6.07, 6.45) is -5.97. The molecule has 0 aliphatic heterocycles. The second-order valence-electron chi connectivity index (χ2n) is 3.65. The van der Waals surface area contributed by atoms with Crippen LogP contribution in [-0.2, 0) is 0 Å². The minimum atomic E-state index is -4.51. The Hall–Kier alpha value is -0.290. The second-order valence-corrected chi connectivity index (χ2v) is 3.65. The van der Waals surface area contributed by atoms with Crippen molar-refractivity contribution < 1.29 is 18.3 Å². The zero-order valence-electron chi connectivity index (χ0n) is 8.80. The number of rotatable bonds is 5. The highest BCUT2D eigenvalue weighted by atomic mass is 19.4. The van der Waals surface area contributed by atoms with Gasteiger partial charge >= 0.3 is 6.18 Å². The van der Waals surface area contributed by atoms with Crippen LogP contribution in [0.1, 0.15) is 27.2 Å². The third-order valence-corrected chi connectivity index (χ3v) is 2.03. The van der Waals surface area contributed by atoms with E-state index in [-0.39, 0.29) is 12.6 Å². The van der Waals surface area contributed by atoms with Crippen LogP contribution in [0.3, 0.4) is 0 Å². The first-order valence-electron chi connectivity index (χ1n) is 4.77. The summed E-state index contributed by atoms with van der Waals surface area (Å²) in [5, 5.41) is 8.86. The number of hydrogen-bond donors (Lipinski definition) is 1. The van der Waals surface area contributed by atoms with E-state index in [1.54, 1.807) is 4.90 Å². The van der Waals surface area contributed by atoms with E-state index in [1.807, 2.05) is 20.8 Å². The molecule has 0 saturated heterocycles. The van der Waals surface area contributed by atoms with Crippen LogP contribution in [0.2, 0.25) is 0 Å². The van der Waals surface area contributed by atoms with Gasteiger partial charge in [0.1, 0.15) is 0 Å². The van der Waals surface area contributed by atoms with E-state index in [1.165, 1.54) is 0 Å². The van der Waals surface area contributed by atoms with E-state index in [0.717, 1.165) is 6.42 Å². The maximum atomic E-state index is 12.0. The summed E-state index contributed by atoms with van der Waals surface area (Å²) in [6.45, 7) is 5.77. The molecule has 0 bridgehead atoms. The molecular weight excluding hydrogens is 195 g/mol. The summed E-state index contributed by atoms with van der Waals surface area (Å²) in [7, 11) is 0.